The summed E-state index contributed by atoms with van der Waals surface area (Å²) in [5.41, 5.74) is 0.129. The van der Waals surface area contributed by atoms with Crippen molar-refractivity contribution in [2.75, 3.05) is 0 Å². The van der Waals surface area contributed by atoms with Gasteiger partial charge in [0.25, 0.3) is 0 Å². The average molecular weight is 280 g/mol. The fraction of sp³-hybridized carbons (Fsp3) is 0.357. The topological polar surface area (TPSA) is 33.0 Å². The second-order valence-corrected chi connectivity index (χ2v) is 10.2. The van der Waals surface area contributed by atoms with E-state index in [2.05, 4.69) is 25.7 Å². The number of benzene rings is 1. The lowest BCUT2D eigenvalue weighted by atomic mass is 10.1. The van der Waals surface area contributed by atoms with Gasteiger partial charge in [-0.15, -0.1) is 0 Å². The van der Waals surface area contributed by atoms with Crippen molar-refractivity contribution in [1.82, 2.24) is 0 Å². The van der Waals surface area contributed by atoms with Crippen molar-refractivity contribution in [3.05, 3.63) is 40.9 Å². The Morgan fingerprint density at radius 2 is 1.83 bits per heavy atom. The molecule has 0 aliphatic carbocycles. The van der Waals surface area contributed by atoms with Crippen LogP contribution in [0.15, 0.2) is 30.3 Å². The standard InChI is InChI=1S/C14H18ClNOSi/c1-14(11-16,17-18(2,3)4)10-9-12-5-7-13(15)8-6-12/h5-10H,1-4H3/b10-9+/t14-/m0/s1. The zero-order chi connectivity index (χ0) is 13.8. The zero-order valence-corrected chi connectivity index (χ0v) is 13.0. The van der Waals surface area contributed by atoms with Crippen molar-refractivity contribution < 1.29 is 4.43 Å². The highest BCUT2D eigenvalue weighted by Crippen LogP contribution is 2.20. The molecule has 0 aromatic heterocycles. The Bertz CT molecular complexity index is 470. The Kier molecular flexibility index (Phi) is 4.75. The quantitative estimate of drug-likeness (QED) is 0.761. The van der Waals surface area contributed by atoms with Crippen molar-refractivity contribution in [1.29, 1.82) is 5.26 Å². The molecule has 1 rings (SSSR count). The Morgan fingerprint density at radius 3 is 2.28 bits per heavy atom. The molecule has 0 bridgehead atoms. The van der Waals surface area contributed by atoms with E-state index in [9.17, 15) is 5.26 Å². The van der Waals surface area contributed by atoms with Gasteiger partial charge in [-0.25, -0.2) is 0 Å². The molecule has 1 aromatic rings. The van der Waals surface area contributed by atoms with E-state index in [1.54, 1.807) is 13.0 Å². The molecule has 1 atom stereocenters. The summed E-state index contributed by atoms with van der Waals surface area (Å²) < 4.78 is 5.88. The summed E-state index contributed by atoms with van der Waals surface area (Å²) >= 11 is 5.82. The molecular weight excluding hydrogens is 262 g/mol. The van der Waals surface area contributed by atoms with Gasteiger partial charge in [0.1, 0.15) is 6.07 Å². The molecule has 96 valence electrons. The zero-order valence-electron chi connectivity index (χ0n) is 11.2. The van der Waals surface area contributed by atoms with Crippen LogP contribution in [0.4, 0.5) is 0 Å². The van der Waals surface area contributed by atoms with Crippen molar-refractivity contribution >= 4 is 26.0 Å². The molecule has 18 heavy (non-hydrogen) atoms. The van der Waals surface area contributed by atoms with Gasteiger partial charge < -0.3 is 4.43 Å². The number of nitriles is 1. The number of rotatable bonds is 4. The Labute approximate surface area is 115 Å². The molecule has 0 aliphatic rings. The van der Waals surface area contributed by atoms with Crippen LogP contribution in [0, 0.1) is 11.3 Å². The van der Waals surface area contributed by atoms with Gasteiger partial charge in [-0.1, -0.05) is 29.8 Å². The lowest BCUT2D eigenvalue weighted by Gasteiger charge is -2.27. The van der Waals surface area contributed by atoms with E-state index in [0.29, 0.717) is 5.02 Å². The van der Waals surface area contributed by atoms with Gasteiger partial charge in [0, 0.05) is 5.02 Å². The molecule has 0 aliphatic heterocycles. The van der Waals surface area contributed by atoms with Crippen LogP contribution in [0.2, 0.25) is 24.7 Å². The first kappa shape index (κ1) is 15.0. The third kappa shape index (κ3) is 5.05. The van der Waals surface area contributed by atoms with Gasteiger partial charge >= 0.3 is 0 Å². The van der Waals surface area contributed by atoms with Crippen molar-refractivity contribution in [3.63, 3.8) is 0 Å². The van der Waals surface area contributed by atoms with Crippen LogP contribution in [0.25, 0.3) is 6.08 Å². The van der Waals surface area contributed by atoms with Gasteiger partial charge in [-0.2, -0.15) is 5.26 Å². The van der Waals surface area contributed by atoms with E-state index in [-0.39, 0.29) is 0 Å². The second kappa shape index (κ2) is 5.70. The maximum atomic E-state index is 9.25. The van der Waals surface area contributed by atoms with Crippen molar-refractivity contribution in [2.45, 2.75) is 32.2 Å². The molecule has 0 amide bonds. The Morgan fingerprint density at radius 1 is 1.28 bits per heavy atom. The minimum absolute atomic E-state index is 0.702. The molecular formula is C14H18ClNOSi. The van der Waals surface area contributed by atoms with Crippen LogP contribution in [0.3, 0.4) is 0 Å². The fourth-order valence-corrected chi connectivity index (χ4v) is 3.07. The highest BCUT2D eigenvalue weighted by Gasteiger charge is 2.28. The molecule has 0 fully saturated rings. The second-order valence-electron chi connectivity index (χ2n) is 5.32. The number of halogens is 1. The van der Waals surface area contributed by atoms with Crippen LogP contribution < -0.4 is 0 Å². The van der Waals surface area contributed by atoms with E-state index < -0.39 is 13.9 Å². The molecule has 0 unspecified atom stereocenters. The van der Waals surface area contributed by atoms with Gasteiger partial charge in [0.05, 0.1) is 0 Å². The molecule has 0 N–H and O–H groups in total. The minimum Gasteiger partial charge on any atom is -0.397 e. The monoisotopic (exact) mass is 279 g/mol. The highest BCUT2D eigenvalue weighted by atomic mass is 35.5. The third-order valence-corrected chi connectivity index (χ3v) is 3.49. The van der Waals surface area contributed by atoms with Gasteiger partial charge in [-0.3, -0.25) is 0 Å². The predicted molar refractivity (Wildman–Crippen MR) is 78.9 cm³/mol. The molecule has 0 saturated heterocycles. The van der Waals surface area contributed by atoms with E-state index in [1.165, 1.54) is 0 Å². The van der Waals surface area contributed by atoms with Crippen LogP contribution in [0.1, 0.15) is 12.5 Å². The summed E-state index contributed by atoms with van der Waals surface area (Å²) in [6.45, 7) is 7.99. The first-order chi connectivity index (χ1) is 8.24. The van der Waals surface area contributed by atoms with E-state index in [1.807, 2.05) is 30.3 Å². The van der Waals surface area contributed by atoms with E-state index in [4.69, 9.17) is 16.0 Å². The summed E-state index contributed by atoms with van der Waals surface area (Å²) in [5.74, 6) is 0. The smallest absolute Gasteiger partial charge is 0.186 e. The maximum absolute atomic E-state index is 9.25. The lowest BCUT2D eigenvalue weighted by Crippen LogP contribution is -2.38. The number of hydrogen-bond acceptors (Lipinski definition) is 2. The third-order valence-electron chi connectivity index (χ3n) is 2.20. The SMILES string of the molecule is C[C@@](C#N)(/C=C/c1ccc(Cl)cc1)O[Si](C)(C)C. The van der Waals surface area contributed by atoms with Crippen LogP contribution >= 0.6 is 11.6 Å². The minimum atomic E-state index is -1.76. The highest BCUT2D eigenvalue weighted by molar-refractivity contribution is 6.69. The molecule has 0 radical (unpaired) electrons. The predicted octanol–water partition coefficient (Wildman–Crippen LogP) is 4.49. The van der Waals surface area contributed by atoms with Gasteiger partial charge in [-0.05, 0) is 50.3 Å². The summed E-state index contributed by atoms with van der Waals surface area (Å²) in [4.78, 5) is 0. The Hall–Kier alpha value is -1.08. The van der Waals surface area contributed by atoms with Crippen LogP contribution in [0.5, 0.6) is 0 Å². The lowest BCUT2D eigenvalue weighted by molar-refractivity contribution is 0.193. The number of nitrogens with zero attached hydrogens (tertiary/aromatic N) is 1. The molecule has 0 spiro atoms. The van der Waals surface area contributed by atoms with Gasteiger partial charge in [0.15, 0.2) is 13.9 Å². The molecule has 2 nitrogen and oxygen atoms in total. The molecule has 0 saturated carbocycles. The normalized spacial score (nSPS) is 15.3. The van der Waals surface area contributed by atoms with Crippen LogP contribution in [-0.4, -0.2) is 13.9 Å². The molecule has 1 aromatic carbocycles. The Balaban J connectivity index is 2.86. The average Bonchev–Trinajstić information content (AvgIpc) is 2.26. The first-order valence-corrected chi connectivity index (χ1v) is 9.59. The number of hydrogen-bond donors (Lipinski definition) is 0. The summed E-state index contributed by atoms with van der Waals surface area (Å²) in [6, 6.07) is 9.68. The molecule has 4 heteroatoms. The fourth-order valence-electron chi connectivity index (χ4n) is 1.56. The van der Waals surface area contributed by atoms with E-state index >= 15 is 0 Å². The van der Waals surface area contributed by atoms with Crippen LogP contribution in [-0.2, 0) is 4.43 Å². The maximum Gasteiger partial charge on any atom is 0.186 e. The van der Waals surface area contributed by atoms with Gasteiger partial charge in [0.2, 0.25) is 0 Å². The summed E-state index contributed by atoms with van der Waals surface area (Å²) in [5, 5.41) is 9.95. The van der Waals surface area contributed by atoms with Crippen molar-refractivity contribution in [2.24, 2.45) is 0 Å². The largest absolute Gasteiger partial charge is 0.397 e. The van der Waals surface area contributed by atoms with Crippen molar-refractivity contribution in [3.8, 4) is 6.07 Å². The summed E-state index contributed by atoms with van der Waals surface area (Å²) in [6.07, 6.45) is 3.69. The van der Waals surface area contributed by atoms with E-state index in [0.717, 1.165) is 5.56 Å². The summed E-state index contributed by atoms with van der Waals surface area (Å²) in [7, 11) is -1.76. The first-order valence-electron chi connectivity index (χ1n) is 5.80. The molecule has 0 heterocycles.